The number of piperidine rings is 1. The van der Waals surface area contributed by atoms with Crippen LogP contribution < -0.4 is 4.90 Å². The summed E-state index contributed by atoms with van der Waals surface area (Å²) in [5.41, 5.74) is 1.06. The molecular formula is C13H19N3O2. The molecule has 0 amide bonds. The molecule has 1 aromatic heterocycles. The lowest BCUT2D eigenvalue weighted by atomic mass is 9.97. The second kappa shape index (κ2) is 5.80. The number of aromatic nitrogens is 2. The Hall–Kier alpha value is -1.65. The number of nitrogens with zero attached hydrogens (tertiary/aromatic N) is 3. The van der Waals surface area contributed by atoms with Gasteiger partial charge in [0.15, 0.2) is 0 Å². The summed E-state index contributed by atoms with van der Waals surface area (Å²) in [7, 11) is 0. The van der Waals surface area contributed by atoms with E-state index in [1.165, 1.54) is 0 Å². The van der Waals surface area contributed by atoms with Crippen molar-refractivity contribution in [3.8, 4) is 0 Å². The molecule has 5 nitrogen and oxygen atoms in total. The van der Waals surface area contributed by atoms with Gasteiger partial charge < -0.3 is 10.0 Å². The van der Waals surface area contributed by atoms with Gasteiger partial charge in [-0.2, -0.15) is 0 Å². The lowest BCUT2D eigenvalue weighted by molar-refractivity contribution is -0.142. The van der Waals surface area contributed by atoms with Crippen molar-refractivity contribution >= 4 is 11.9 Å². The summed E-state index contributed by atoms with van der Waals surface area (Å²) >= 11 is 0. The average molecular weight is 249 g/mol. The highest BCUT2D eigenvalue weighted by Crippen LogP contribution is 2.20. The molecule has 0 atom stereocenters. The molecule has 5 heteroatoms. The zero-order valence-electron chi connectivity index (χ0n) is 10.7. The van der Waals surface area contributed by atoms with Gasteiger partial charge in [0.25, 0.3) is 0 Å². The highest BCUT2D eigenvalue weighted by Gasteiger charge is 2.25. The van der Waals surface area contributed by atoms with E-state index in [4.69, 9.17) is 5.11 Å². The fourth-order valence-corrected chi connectivity index (χ4v) is 2.26. The maximum atomic E-state index is 10.9. The predicted octanol–water partition coefficient (Wildman–Crippen LogP) is 1.73. The molecule has 0 spiro atoms. The van der Waals surface area contributed by atoms with E-state index >= 15 is 0 Å². The standard InChI is InChI=1S/C13H19N3O2/c1-2-3-11-4-7-14-13(15-11)16-8-5-10(6-9-16)12(17)18/h4,7,10H,2-3,5-6,8-9H2,1H3,(H,17,18). The van der Waals surface area contributed by atoms with Gasteiger partial charge in [-0.3, -0.25) is 4.79 Å². The van der Waals surface area contributed by atoms with E-state index in [2.05, 4.69) is 21.8 Å². The maximum absolute atomic E-state index is 10.9. The van der Waals surface area contributed by atoms with Crippen molar-refractivity contribution in [2.24, 2.45) is 5.92 Å². The first kappa shape index (κ1) is 12.8. The Labute approximate surface area is 107 Å². The maximum Gasteiger partial charge on any atom is 0.306 e. The molecule has 0 aromatic carbocycles. The van der Waals surface area contributed by atoms with E-state index in [9.17, 15) is 4.79 Å². The zero-order chi connectivity index (χ0) is 13.0. The summed E-state index contributed by atoms with van der Waals surface area (Å²) in [5.74, 6) is -0.153. The second-order valence-electron chi connectivity index (χ2n) is 4.70. The number of carboxylic acid groups (broad SMARTS) is 1. The smallest absolute Gasteiger partial charge is 0.306 e. The van der Waals surface area contributed by atoms with Gasteiger partial charge in [0.05, 0.1) is 5.92 Å². The molecule has 1 fully saturated rings. The van der Waals surface area contributed by atoms with Crippen molar-refractivity contribution in [1.29, 1.82) is 0 Å². The van der Waals surface area contributed by atoms with E-state index in [0.29, 0.717) is 12.8 Å². The van der Waals surface area contributed by atoms with E-state index in [1.807, 2.05) is 6.07 Å². The quantitative estimate of drug-likeness (QED) is 0.880. The second-order valence-corrected chi connectivity index (χ2v) is 4.70. The number of carbonyl (C=O) groups is 1. The van der Waals surface area contributed by atoms with Crippen LogP contribution in [0.25, 0.3) is 0 Å². The van der Waals surface area contributed by atoms with Crippen molar-refractivity contribution in [3.63, 3.8) is 0 Å². The van der Waals surface area contributed by atoms with Crippen LogP contribution >= 0.6 is 0 Å². The van der Waals surface area contributed by atoms with E-state index in [0.717, 1.165) is 37.6 Å². The number of aliphatic carboxylic acids is 1. The van der Waals surface area contributed by atoms with Crippen LogP contribution in [-0.2, 0) is 11.2 Å². The zero-order valence-corrected chi connectivity index (χ0v) is 10.7. The van der Waals surface area contributed by atoms with Gasteiger partial charge in [0, 0.05) is 25.0 Å². The first-order valence-corrected chi connectivity index (χ1v) is 6.50. The van der Waals surface area contributed by atoms with Crippen LogP contribution in [0.2, 0.25) is 0 Å². The van der Waals surface area contributed by atoms with Crippen LogP contribution in [0.1, 0.15) is 31.9 Å². The average Bonchev–Trinajstić information content (AvgIpc) is 2.39. The monoisotopic (exact) mass is 249 g/mol. The van der Waals surface area contributed by atoms with Crippen LogP contribution in [0, 0.1) is 5.92 Å². The van der Waals surface area contributed by atoms with Crippen molar-refractivity contribution in [2.45, 2.75) is 32.6 Å². The molecule has 0 bridgehead atoms. The first-order valence-electron chi connectivity index (χ1n) is 6.50. The minimum atomic E-state index is -0.685. The van der Waals surface area contributed by atoms with Crippen LogP contribution in [0.4, 0.5) is 5.95 Å². The minimum Gasteiger partial charge on any atom is -0.481 e. The van der Waals surface area contributed by atoms with Gasteiger partial charge >= 0.3 is 5.97 Å². The number of hydrogen-bond donors (Lipinski definition) is 1. The highest BCUT2D eigenvalue weighted by molar-refractivity contribution is 5.70. The molecule has 1 saturated heterocycles. The third kappa shape index (κ3) is 2.97. The van der Waals surface area contributed by atoms with Crippen LogP contribution in [0.5, 0.6) is 0 Å². The number of hydrogen-bond acceptors (Lipinski definition) is 4. The summed E-state index contributed by atoms with van der Waals surface area (Å²) in [6, 6.07) is 1.94. The van der Waals surface area contributed by atoms with Gasteiger partial charge in [-0.1, -0.05) is 13.3 Å². The summed E-state index contributed by atoms with van der Waals surface area (Å²) in [4.78, 5) is 21.8. The van der Waals surface area contributed by atoms with Crippen molar-refractivity contribution < 1.29 is 9.90 Å². The number of rotatable bonds is 4. The van der Waals surface area contributed by atoms with Gasteiger partial charge in [-0.15, -0.1) is 0 Å². The van der Waals surface area contributed by atoms with Crippen LogP contribution in [0.3, 0.4) is 0 Å². The molecule has 1 N–H and O–H groups in total. The number of anilines is 1. The summed E-state index contributed by atoms with van der Waals surface area (Å²) in [6.45, 7) is 3.58. The molecule has 0 aliphatic carbocycles. The molecule has 0 radical (unpaired) electrons. The van der Waals surface area contributed by atoms with Crippen molar-refractivity contribution in [3.05, 3.63) is 18.0 Å². The summed E-state index contributed by atoms with van der Waals surface area (Å²) < 4.78 is 0. The van der Waals surface area contributed by atoms with E-state index in [1.54, 1.807) is 6.20 Å². The normalized spacial score (nSPS) is 16.8. The summed E-state index contributed by atoms with van der Waals surface area (Å²) in [6.07, 6.45) is 5.17. The molecular weight excluding hydrogens is 230 g/mol. The Morgan fingerprint density at radius 2 is 2.22 bits per heavy atom. The third-order valence-electron chi connectivity index (χ3n) is 3.33. The molecule has 2 rings (SSSR count). The Morgan fingerprint density at radius 3 is 2.83 bits per heavy atom. The largest absolute Gasteiger partial charge is 0.481 e. The van der Waals surface area contributed by atoms with Crippen molar-refractivity contribution in [1.82, 2.24) is 9.97 Å². The molecule has 0 unspecified atom stereocenters. The number of carboxylic acids is 1. The number of aryl methyl sites for hydroxylation is 1. The SMILES string of the molecule is CCCc1ccnc(N2CCC(C(=O)O)CC2)n1. The van der Waals surface area contributed by atoms with Gasteiger partial charge in [-0.25, -0.2) is 9.97 Å². The van der Waals surface area contributed by atoms with Gasteiger partial charge in [0.1, 0.15) is 0 Å². The van der Waals surface area contributed by atoms with Crippen LogP contribution in [0.15, 0.2) is 12.3 Å². The lowest BCUT2D eigenvalue weighted by Gasteiger charge is -2.30. The molecule has 1 aromatic rings. The molecule has 1 aliphatic heterocycles. The Morgan fingerprint density at radius 1 is 1.50 bits per heavy atom. The summed E-state index contributed by atoms with van der Waals surface area (Å²) in [5, 5.41) is 8.96. The van der Waals surface area contributed by atoms with E-state index in [-0.39, 0.29) is 5.92 Å². The lowest BCUT2D eigenvalue weighted by Crippen LogP contribution is -2.37. The van der Waals surface area contributed by atoms with Crippen molar-refractivity contribution in [2.75, 3.05) is 18.0 Å². The van der Waals surface area contributed by atoms with E-state index < -0.39 is 5.97 Å². The first-order chi connectivity index (χ1) is 8.70. The third-order valence-corrected chi connectivity index (χ3v) is 3.33. The highest BCUT2D eigenvalue weighted by atomic mass is 16.4. The molecule has 2 heterocycles. The minimum absolute atomic E-state index is 0.208. The molecule has 98 valence electrons. The Kier molecular flexibility index (Phi) is 4.12. The van der Waals surface area contributed by atoms with Crippen LogP contribution in [-0.4, -0.2) is 34.1 Å². The molecule has 1 aliphatic rings. The predicted molar refractivity (Wildman–Crippen MR) is 68.6 cm³/mol. The topological polar surface area (TPSA) is 66.3 Å². The fourth-order valence-electron chi connectivity index (χ4n) is 2.26. The Balaban J connectivity index is 2.00. The molecule has 0 saturated carbocycles. The van der Waals surface area contributed by atoms with Gasteiger partial charge in [0.2, 0.25) is 5.95 Å². The Bertz CT molecular complexity index is 414. The molecule has 18 heavy (non-hydrogen) atoms. The fraction of sp³-hybridized carbons (Fsp3) is 0.615. The van der Waals surface area contributed by atoms with Gasteiger partial charge in [-0.05, 0) is 25.3 Å².